The van der Waals surface area contributed by atoms with Crippen molar-refractivity contribution in [2.45, 2.75) is 37.8 Å². The van der Waals surface area contributed by atoms with Crippen LogP contribution in [0.5, 0.6) is 0 Å². The van der Waals surface area contributed by atoms with Crippen LogP contribution in [-0.4, -0.2) is 47.9 Å². The first-order chi connectivity index (χ1) is 12.0. The van der Waals surface area contributed by atoms with Crippen molar-refractivity contribution in [1.82, 2.24) is 10.2 Å². The second-order valence-corrected chi connectivity index (χ2v) is 6.75. The summed E-state index contributed by atoms with van der Waals surface area (Å²) in [5.74, 6) is -0.364. The standard InChI is InChI=1S/C17H21ClN4O3/c18-11-3-5-12(6-4-11)22-16(24)14(20-17(22)25)7-8-15(23)21-9-1-2-13(21)10-19/h3-6,13-14H,1-2,7-10,19H2,(H,20,25)/t13-,14+/m1/s1. The van der Waals surface area contributed by atoms with Crippen LogP contribution in [0.4, 0.5) is 10.5 Å². The third-order valence-electron chi connectivity index (χ3n) is 4.72. The molecule has 7 nitrogen and oxygen atoms in total. The van der Waals surface area contributed by atoms with Gasteiger partial charge in [-0.3, -0.25) is 9.59 Å². The first-order valence-corrected chi connectivity index (χ1v) is 8.78. The van der Waals surface area contributed by atoms with Crippen LogP contribution in [0.1, 0.15) is 25.7 Å². The minimum atomic E-state index is -0.689. The average molecular weight is 365 g/mol. The van der Waals surface area contributed by atoms with E-state index in [4.69, 9.17) is 17.3 Å². The third-order valence-corrected chi connectivity index (χ3v) is 4.97. The summed E-state index contributed by atoms with van der Waals surface area (Å²) in [4.78, 5) is 39.9. The van der Waals surface area contributed by atoms with Gasteiger partial charge in [0.05, 0.1) is 5.69 Å². The van der Waals surface area contributed by atoms with Gasteiger partial charge in [-0.05, 0) is 43.5 Å². The molecule has 2 heterocycles. The fourth-order valence-electron chi connectivity index (χ4n) is 3.38. The van der Waals surface area contributed by atoms with Crippen molar-refractivity contribution in [3.63, 3.8) is 0 Å². The minimum Gasteiger partial charge on any atom is -0.338 e. The summed E-state index contributed by atoms with van der Waals surface area (Å²) < 4.78 is 0. The Morgan fingerprint density at radius 3 is 2.68 bits per heavy atom. The zero-order chi connectivity index (χ0) is 18.0. The van der Waals surface area contributed by atoms with E-state index in [1.165, 1.54) is 0 Å². The third kappa shape index (κ3) is 3.62. The van der Waals surface area contributed by atoms with Crippen LogP contribution in [0.2, 0.25) is 5.02 Å². The fraction of sp³-hybridized carbons (Fsp3) is 0.471. The summed E-state index contributed by atoms with van der Waals surface area (Å²) in [6, 6.07) is 5.39. The summed E-state index contributed by atoms with van der Waals surface area (Å²) in [6.45, 7) is 1.16. The number of amides is 4. The zero-order valence-electron chi connectivity index (χ0n) is 13.8. The van der Waals surface area contributed by atoms with Crippen molar-refractivity contribution in [2.24, 2.45) is 5.73 Å². The second-order valence-electron chi connectivity index (χ2n) is 6.31. The summed E-state index contributed by atoms with van der Waals surface area (Å²) in [6.07, 6.45) is 2.37. The zero-order valence-corrected chi connectivity index (χ0v) is 14.5. The average Bonchev–Trinajstić information content (AvgIpc) is 3.18. The van der Waals surface area contributed by atoms with E-state index in [2.05, 4.69) is 5.32 Å². The van der Waals surface area contributed by atoms with E-state index in [1.54, 1.807) is 29.2 Å². The molecule has 0 aliphatic carbocycles. The maximum absolute atomic E-state index is 12.5. The number of hydrogen-bond donors (Lipinski definition) is 2. The molecule has 4 amide bonds. The van der Waals surface area contributed by atoms with Gasteiger partial charge in [-0.15, -0.1) is 0 Å². The van der Waals surface area contributed by atoms with Crippen LogP contribution in [-0.2, 0) is 9.59 Å². The number of nitrogens with two attached hydrogens (primary N) is 1. The van der Waals surface area contributed by atoms with Gasteiger partial charge in [0, 0.05) is 30.6 Å². The monoisotopic (exact) mass is 364 g/mol. The Hall–Kier alpha value is -2.12. The molecule has 8 heteroatoms. The second kappa shape index (κ2) is 7.41. The topological polar surface area (TPSA) is 95.7 Å². The molecule has 2 fully saturated rings. The number of anilines is 1. The van der Waals surface area contributed by atoms with E-state index in [-0.39, 0.29) is 30.7 Å². The quantitative estimate of drug-likeness (QED) is 0.774. The number of carbonyl (C=O) groups is 3. The molecule has 1 aromatic rings. The number of urea groups is 1. The molecule has 3 N–H and O–H groups in total. The van der Waals surface area contributed by atoms with E-state index in [0.29, 0.717) is 23.8 Å². The number of hydrogen-bond acceptors (Lipinski definition) is 4. The smallest absolute Gasteiger partial charge is 0.329 e. The minimum absolute atomic E-state index is 0.0139. The molecule has 2 saturated heterocycles. The Labute approximate surface area is 151 Å². The number of nitrogens with one attached hydrogen (secondary N) is 1. The summed E-state index contributed by atoms with van der Waals surface area (Å²) in [5, 5.41) is 3.17. The lowest BCUT2D eigenvalue weighted by Crippen LogP contribution is -2.40. The van der Waals surface area contributed by atoms with Crippen LogP contribution >= 0.6 is 11.6 Å². The molecule has 0 spiro atoms. The fourth-order valence-corrected chi connectivity index (χ4v) is 3.51. The Morgan fingerprint density at radius 1 is 1.28 bits per heavy atom. The highest BCUT2D eigenvalue weighted by molar-refractivity contribution is 6.30. The number of carbonyl (C=O) groups excluding carboxylic acids is 3. The molecular weight excluding hydrogens is 344 g/mol. The molecule has 25 heavy (non-hydrogen) atoms. The summed E-state index contributed by atoms with van der Waals surface area (Å²) in [7, 11) is 0. The van der Waals surface area contributed by atoms with Crippen molar-refractivity contribution in [2.75, 3.05) is 18.0 Å². The molecule has 1 aromatic carbocycles. The SMILES string of the molecule is NC[C@H]1CCCN1C(=O)CC[C@@H]1NC(=O)N(c2ccc(Cl)cc2)C1=O. The predicted molar refractivity (Wildman–Crippen MR) is 94.3 cm³/mol. The maximum Gasteiger partial charge on any atom is 0.329 e. The number of benzene rings is 1. The molecular formula is C17H21ClN4O3. The van der Waals surface area contributed by atoms with Crippen molar-refractivity contribution in [3.8, 4) is 0 Å². The van der Waals surface area contributed by atoms with Gasteiger partial charge < -0.3 is 16.0 Å². The van der Waals surface area contributed by atoms with Gasteiger partial charge in [0.25, 0.3) is 5.91 Å². The molecule has 0 bridgehead atoms. The maximum atomic E-state index is 12.5. The van der Waals surface area contributed by atoms with Gasteiger partial charge >= 0.3 is 6.03 Å². The highest BCUT2D eigenvalue weighted by atomic mass is 35.5. The van der Waals surface area contributed by atoms with Gasteiger partial charge in [0.15, 0.2) is 0 Å². The van der Waals surface area contributed by atoms with Gasteiger partial charge in [-0.2, -0.15) is 0 Å². The van der Waals surface area contributed by atoms with Crippen molar-refractivity contribution >= 4 is 35.1 Å². The summed E-state index contributed by atoms with van der Waals surface area (Å²) in [5.41, 5.74) is 6.15. The normalized spacial score (nSPS) is 23.3. The highest BCUT2D eigenvalue weighted by Gasteiger charge is 2.39. The molecule has 2 aliphatic rings. The van der Waals surface area contributed by atoms with Gasteiger partial charge in [0.2, 0.25) is 5.91 Å². The van der Waals surface area contributed by atoms with E-state index < -0.39 is 12.1 Å². The van der Waals surface area contributed by atoms with E-state index in [1.807, 2.05) is 0 Å². The number of nitrogens with zero attached hydrogens (tertiary/aromatic N) is 2. The van der Waals surface area contributed by atoms with Gasteiger partial charge in [-0.25, -0.2) is 9.69 Å². The number of likely N-dealkylation sites (tertiary alicyclic amines) is 1. The lowest BCUT2D eigenvalue weighted by atomic mass is 10.1. The van der Waals surface area contributed by atoms with Gasteiger partial charge in [0.1, 0.15) is 6.04 Å². The Morgan fingerprint density at radius 2 is 2.00 bits per heavy atom. The number of halogens is 1. The van der Waals surface area contributed by atoms with Crippen LogP contribution in [0.15, 0.2) is 24.3 Å². The first-order valence-electron chi connectivity index (χ1n) is 8.41. The Bertz CT molecular complexity index is 679. The highest BCUT2D eigenvalue weighted by Crippen LogP contribution is 2.24. The van der Waals surface area contributed by atoms with Crippen molar-refractivity contribution in [3.05, 3.63) is 29.3 Å². The van der Waals surface area contributed by atoms with E-state index in [9.17, 15) is 14.4 Å². The Balaban J connectivity index is 1.61. The Kier molecular flexibility index (Phi) is 5.24. The van der Waals surface area contributed by atoms with Crippen LogP contribution < -0.4 is 16.0 Å². The molecule has 0 saturated carbocycles. The van der Waals surface area contributed by atoms with Crippen LogP contribution in [0.25, 0.3) is 0 Å². The molecule has 2 aliphatic heterocycles. The van der Waals surface area contributed by atoms with Crippen LogP contribution in [0, 0.1) is 0 Å². The number of rotatable bonds is 5. The van der Waals surface area contributed by atoms with Gasteiger partial charge in [-0.1, -0.05) is 11.6 Å². The molecule has 0 radical (unpaired) electrons. The first kappa shape index (κ1) is 17.7. The lowest BCUT2D eigenvalue weighted by molar-refractivity contribution is -0.132. The van der Waals surface area contributed by atoms with Crippen molar-refractivity contribution in [1.29, 1.82) is 0 Å². The largest absolute Gasteiger partial charge is 0.338 e. The van der Waals surface area contributed by atoms with E-state index >= 15 is 0 Å². The number of imide groups is 1. The molecule has 0 aromatic heterocycles. The molecule has 0 unspecified atom stereocenters. The molecule has 134 valence electrons. The van der Waals surface area contributed by atoms with Crippen LogP contribution in [0.3, 0.4) is 0 Å². The molecule has 3 rings (SSSR count). The predicted octanol–water partition coefficient (Wildman–Crippen LogP) is 1.49. The van der Waals surface area contributed by atoms with E-state index in [0.717, 1.165) is 17.7 Å². The summed E-state index contributed by atoms with van der Waals surface area (Å²) >= 11 is 5.84. The lowest BCUT2D eigenvalue weighted by Gasteiger charge is -2.23. The molecule has 2 atom stereocenters. The van der Waals surface area contributed by atoms with Crippen molar-refractivity contribution < 1.29 is 14.4 Å².